The molecule has 0 aliphatic carbocycles. The first-order valence-electron chi connectivity index (χ1n) is 11.5. The van der Waals surface area contributed by atoms with Crippen LogP contribution in [0.25, 0.3) is 0 Å². The Morgan fingerprint density at radius 1 is 0.611 bits per heavy atom. The van der Waals surface area contributed by atoms with E-state index in [-0.39, 0.29) is 35.1 Å². The van der Waals surface area contributed by atoms with Gasteiger partial charge in [0.1, 0.15) is 13.2 Å². The maximum atomic E-state index is 12.7. The van der Waals surface area contributed by atoms with Gasteiger partial charge in [-0.3, -0.25) is 0 Å². The SMILES string of the molecule is O=C(OCC(Cl)C(Cl)CCCC(Cl)CCl)c1ccccc1C(=O)OCC(Cl)C(Cl)CCCC(Cl)CCl. The number of carbonyl (C=O) groups excluding carboxylic acids is 2. The number of halogens is 8. The quantitative estimate of drug-likeness (QED) is 0.117. The fourth-order valence-electron chi connectivity index (χ4n) is 3.10. The highest BCUT2D eigenvalue weighted by molar-refractivity contribution is 6.31. The van der Waals surface area contributed by atoms with Gasteiger partial charge in [0.05, 0.1) is 32.6 Å². The van der Waals surface area contributed by atoms with Crippen LogP contribution in [-0.4, -0.2) is 69.2 Å². The molecular formula is C24H30Cl8O4. The Balaban J connectivity index is 2.56. The molecule has 0 aliphatic rings. The van der Waals surface area contributed by atoms with E-state index >= 15 is 0 Å². The molecule has 0 aliphatic heterocycles. The lowest BCUT2D eigenvalue weighted by Gasteiger charge is -2.18. The van der Waals surface area contributed by atoms with E-state index < -0.39 is 33.4 Å². The average Bonchev–Trinajstić information content (AvgIpc) is 2.89. The van der Waals surface area contributed by atoms with Gasteiger partial charge in [-0.25, -0.2) is 9.59 Å². The molecular weight excluding hydrogens is 636 g/mol. The second-order valence-electron chi connectivity index (χ2n) is 8.17. The van der Waals surface area contributed by atoms with Crippen molar-refractivity contribution in [3.05, 3.63) is 35.4 Å². The van der Waals surface area contributed by atoms with E-state index in [1.54, 1.807) is 12.1 Å². The van der Waals surface area contributed by atoms with Crippen LogP contribution in [-0.2, 0) is 9.47 Å². The Hall–Kier alpha value is 0.480. The van der Waals surface area contributed by atoms with E-state index in [1.807, 2.05) is 0 Å². The summed E-state index contributed by atoms with van der Waals surface area (Å²) in [6.07, 6.45) is 4.09. The third kappa shape index (κ3) is 13.5. The van der Waals surface area contributed by atoms with Crippen molar-refractivity contribution in [3.63, 3.8) is 0 Å². The first-order chi connectivity index (χ1) is 17.1. The minimum Gasteiger partial charge on any atom is -0.460 e. The first-order valence-corrected chi connectivity index (χ1v) is 15.2. The van der Waals surface area contributed by atoms with Gasteiger partial charge in [-0.05, 0) is 37.8 Å². The van der Waals surface area contributed by atoms with Crippen molar-refractivity contribution < 1.29 is 19.1 Å². The molecule has 1 aromatic carbocycles. The molecule has 0 fully saturated rings. The summed E-state index contributed by atoms with van der Waals surface area (Å²) in [6.45, 7) is -0.245. The molecule has 0 aromatic heterocycles. The maximum Gasteiger partial charge on any atom is 0.339 e. The van der Waals surface area contributed by atoms with Crippen LogP contribution >= 0.6 is 92.8 Å². The summed E-state index contributed by atoms with van der Waals surface area (Å²) in [5.74, 6) is -0.708. The summed E-state index contributed by atoms with van der Waals surface area (Å²) in [6, 6.07) is 6.16. The molecule has 12 heteroatoms. The van der Waals surface area contributed by atoms with Crippen molar-refractivity contribution in [2.45, 2.75) is 70.8 Å². The van der Waals surface area contributed by atoms with Crippen molar-refractivity contribution in [2.75, 3.05) is 25.0 Å². The second-order valence-corrected chi connectivity index (χ2v) is 12.3. The minimum atomic E-state index is -0.715. The highest BCUT2D eigenvalue weighted by Crippen LogP contribution is 2.22. The maximum absolute atomic E-state index is 12.7. The van der Waals surface area contributed by atoms with Crippen molar-refractivity contribution in [2.24, 2.45) is 0 Å². The van der Waals surface area contributed by atoms with Gasteiger partial charge in [-0.2, -0.15) is 0 Å². The Kier molecular flexibility index (Phi) is 18.7. The number of alkyl halides is 8. The molecule has 0 radical (unpaired) electrons. The lowest BCUT2D eigenvalue weighted by molar-refractivity contribution is 0.0455. The fraction of sp³-hybridized carbons (Fsp3) is 0.667. The predicted molar refractivity (Wildman–Crippen MR) is 154 cm³/mol. The first kappa shape index (κ1) is 34.5. The average molecular weight is 666 g/mol. The van der Waals surface area contributed by atoms with Crippen LogP contribution in [0.1, 0.15) is 59.2 Å². The molecule has 0 saturated carbocycles. The van der Waals surface area contributed by atoms with E-state index in [1.165, 1.54) is 12.1 Å². The van der Waals surface area contributed by atoms with Gasteiger partial charge in [0, 0.05) is 22.5 Å². The van der Waals surface area contributed by atoms with Crippen molar-refractivity contribution >= 4 is 105 Å². The van der Waals surface area contributed by atoms with Gasteiger partial charge in [0.15, 0.2) is 0 Å². The van der Waals surface area contributed by atoms with Crippen LogP contribution in [0.2, 0.25) is 0 Å². The summed E-state index contributed by atoms with van der Waals surface area (Å²) in [7, 11) is 0. The zero-order chi connectivity index (χ0) is 27.1. The minimum absolute atomic E-state index is 0.0485. The molecule has 0 N–H and O–H groups in total. The number of esters is 2. The molecule has 1 rings (SSSR count). The third-order valence-electron chi connectivity index (χ3n) is 5.23. The van der Waals surface area contributed by atoms with E-state index in [9.17, 15) is 9.59 Å². The van der Waals surface area contributed by atoms with Crippen LogP contribution in [0.5, 0.6) is 0 Å². The Labute approximate surface area is 253 Å². The summed E-state index contributed by atoms with van der Waals surface area (Å²) >= 11 is 48.6. The van der Waals surface area contributed by atoms with Gasteiger partial charge in [-0.15, -0.1) is 92.8 Å². The van der Waals surface area contributed by atoms with E-state index in [4.69, 9.17) is 102 Å². The monoisotopic (exact) mass is 662 g/mol. The smallest absolute Gasteiger partial charge is 0.339 e. The summed E-state index contributed by atoms with van der Waals surface area (Å²) in [5, 5.41) is -2.32. The number of ether oxygens (including phenoxy) is 2. The van der Waals surface area contributed by atoms with Gasteiger partial charge < -0.3 is 9.47 Å². The topological polar surface area (TPSA) is 52.6 Å². The molecule has 6 unspecified atom stereocenters. The van der Waals surface area contributed by atoms with Crippen molar-refractivity contribution in [1.82, 2.24) is 0 Å². The standard InChI is InChI=1S/C24H30Cl8O4/c25-11-15(27)5-3-9-19(29)21(31)13-35-23(33)17-7-1-2-8-18(17)24(34)36-14-22(32)20(30)10-4-6-16(28)12-26/h1-2,7-8,15-16,19-22H,3-6,9-14H2. The molecule has 0 amide bonds. The molecule has 6 atom stereocenters. The Morgan fingerprint density at radius 3 is 1.31 bits per heavy atom. The van der Waals surface area contributed by atoms with Crippen LogP contribution in [0.4, 0.5) is 0 Å². The van der Waals surface area contributed by atoms with Crippen molar-refractivity contribution in [1.29, 1.82) is 0 Å². The number of hydrogen-bond donors (Lipinski definition) is 0. The fourth-order valence-corrected chi connectivity index (χ4v) is 4.55. The van der Waals surface area contributed by atoms with Crippen LogP contribution in [0, 0.1) is 0 Å². The Morgan fingerprint density at radius 2 is 0.972 bits per heavy atom. The summed E-state index contributed by atoms with van der Waals surface area (Å²) < 4.78 is 10.6. The zero-order valence-electron chi connectivity index (χ0n) is 19.5. The number of carbonyl (C=O) groups is 2. The Bertz CT molecular complexity index is 721. The molecule has 0 bridgehead atoms. The van der Waals surface area contributed by atoms with Crippen LogP contribution in [0.15, 0.2) is 24.3 Å². The van der Waals surface area contributed by atoms with E-state index in [2.05, 4.69) is 0 Å². The molecule has 1 aromatic rings. The highest BCUT2D eigenvalue weighted by Gasteiger charge is 2.24. The van der Waals surface area contributed by atoms with Gasteiger partial charge in [-0.1, -0.05) is 25.0 Å². The van der Waals surface area contributed by atoms with Crippen molar-refractivity contribution in [3.8, 4) is 0 Å². The molecule has 0 spiro atoms. The molecule has 0 saturated heterocycles. The van der Waals surface area contributed by atoms with E-state index in [0.29, 0.717) is 37.4 Å². The number of hydrogen-bond acceptors (Lipinski definition) is 4. The summed E-state index contributed by atoms with van der Waals surface area (Å²) in [4.78, 5) is 25.3. The van der Waals surface area contributed by atoms with Gasteiger partial charge in [0.25, 0.3) is 0 Å². The lowest BCUT2D eigenvalue weighted by Crippen LogP contribution is -2.25. The van der Waals surface area contributed by atoms with E-state index in [0.717, 1.165) is 12.8 Å². The zero-order valence-corrected chi connectivity index (χ0v) is 25.5. The lowest BCUT2D eigenvalue weighted by atomic mass is 10.1. The third-order valence-corrected chi connectivity index (χ3v) is 9.20. The van der Waals surface area contributed by atoms with Gasteiger partial charge >= 0.3 is 11.9 Å². The van der Waals surface area contributed by atoms with Crippen LogP contribution < -0.4 is 0 Å². The number of rotatable bonds is 18. The largest absolute Gasteiger partial charge is 0.460 e. The van der Waals surface area contributed by atoms with Gasteiger partial charge in [0.2, 0.25) is 0 Å². The molecule has 36 heavy (non-hydrogen) atoms. The second kappa shape index (κ2) is 19.5. The highest BCUT2D eigenvalue weighted by atomic mass is 35.5. The predicted octanol–water partition coefficient (Wildman–Crippen LogP) is 8.46. The molecule has 206 valence electrons. The normalized spacial score (nSPS) is 16.4. The van der Waals surface area contributed by atoms with Crippen LogP contribution in [0.3, 0.4) is 0 Å². The number of benzene rings is 1. The molecule has 4 nitrogen and oxygen atoms in total. The summed E-state index contributed by atoms with van der Waals surface area (Å²) in [5.41, 5.74) is 0.0970. The molecule has 0 heterocycles.